The van der Waals surface area contributed by atoms with E-state index in [0.29, 0.717) is 0 Å². The van der Waals surface area contributed by atoms with Crippen LogP contribution in [-0.2, 0) is 11.2 Å². The van der Waals surface area contributed by atoms with Gasteiger partial charge >= 0.3 is 0 Å². The summed E-state index contributed by atoms with van der Waals surface area (Å²) in [6.07, 6.45) is 0.753. The van der Waals surface area contributed by atoms with Crippen LogP contribution < -0.4 is 11.3 Å². The summed E-state index contributed by atoms with van der Waals surface area (Å²) in [5.41, 5.74) is 7.91. The number of hydrogen-bond donors (Lipinski definition) is 2. The van der Waals surface area contributed by atoms with Crippen molar-refractivity contribution < 1.29 is 4.74 Å². The molecule has 0 heterocycles. The van der Waals surface area contributed by atoms with Gasteiger partial charge in [0.15, 0.2) is 0 Å². The van der Waals surface area contributed by atoms with Crippen molar-refractivity contribution in [3.8, 4) is 0 Å². The normalized spacial score (nSPS) is 13.9. The van der Waals surface area contributed by atoms with E-state index in [2.05, 4.69) is 49.6 Å². The van der Waals surface area contributed by atoms with E-state index in [1.54, 1.807) is 7.11 Å². The first-order chi connectivity index (χ1) is 10.2. The lowest BCUT2D eigenvalue weighted by atomic mass is 9.95. The van der Waals surface area contributed by atoms with E-state index >= 15 is 0 Å². The van der Waals surface area contributed by atoms with E-state index in [1.807, 2.05) is 18.2 Å². The van der Waals surface area contributed by atoms with Crippen molar-refractivity contribution in [2.24, 2.45) is 5.84 Å². The highest BCUT2D eigenvalue weighted by atomic mass is 16.5. The second-order valence-electron chi connectivity index (χ2n) is 5.46. The molecule has 0 saturated heterocycles. The molecule has 2 aromatic rings. The molecule has 2 aromatic carbocycles. The van der Waals surface area contributed by atoms with Crippen LogP contribution in [0.25, 0.3) is 0 Å². The summed E-state index contributed by atoms with van der Waals surface area (Å²) in [4.78, 5) is 0. The molecule has 0 saturated carbocycles. The second-order valence-corrected chi connectivity index (χ2v) is 5.46. The fourth-order valence-electron chi connectivity index (χ4n) is 2.61. The maximum Gasteiger partial charge on any atom is 0.0990 e. The zero-order chi connectivity index (χ0) is 15.2. The van der Waals surface area contributed by atoms with Crippen LogP contribution in [0.1, 0.15) is 28.4 Å². The number of nitrogens with two attached hydrogens (primary N) is 1. The van der Waals surface area contributed by atoms with Gasteiger partial charge in [0, 0.05) is 7.11 Å². The number of nitrogens with one attached hydrogen (secondary N) is 1. The zero-order valence-corrected chi connectivity index (χ0v) is 13.0. The van der Waals surface area contributed by atoms with E-state index in [9.17, 15) is 0 Å². The largest absolute Gasteiger partial charge is 0.375 e. The van der Waals surface area contributed by atoms with Gasteiger partial charge in [-0.15, -0.1) is 0 Å². The maximum absolute atomic E-state index is 5.77. The van der Waals surface area contributed by atoms with Crippen molar-refractivity contribution in [2.45, 2.75) is 32.4 Å². The van der Waals surface area contributed by atoms with Gasteiger partial charge in [0.1, 0.15) is 0 Å². The highest BCUT2D eigenvalue weighted by molar-refractivity contribution is 5.31. The van der Waals surface area contributed by atoms with Crippen LogP contribution in [0.2, 0.25) is 0 Å². The number of hydrogen-bond acceptors (Lipinski definition) is 3. The lowest BCUT2D eigenvalue weighted by Gasteiger charge is -2.26. The van der Waals surface area contributed by atoms with Gasteiger partial charge in [0.05, 0.1) is 12.1 Å². The molecule has 2 rings (SSSR count). The van der Waals surface area contributed by atoms with Crippen LogP contribution in [0, 0.1) is 13.8 Å². The highest BCUT2D eigenvalue weighted by Crippen LogP contribution is 2.23. The van der Waals surface area contributed by atoms with Crippen molar-refractivity contribution in [1.29, 1.82) is 0 Å². The molecular formula is C18H24N2O. The Morgan fingerprint density at radius 1 is 1.05 bits per heavy atom. The van der Waals surface area contributed by atoms with Crippen LogP contribution in [0.4, 0.5) is 0 Å². The third-order valence-corrected chi connectivity index (χ3v) is 3.99. The van der Waals surface area contributed by atoms with Crippen molar-refractivity contribution in [3.63, 3.8) is 0 Å². The van der Waals surface area contributed by atoms with E-state index in [1.165, 1.54) is 16.7 Å². The van der Waals surface area contributed by atoms with Gasteiger partial charge in [-0.25, -0.2) is 0 Å². The molecule has 3 nitrogen and oxygen atoms in total. The summed E-state index contributed by atoms with van der Waals surface area (Å²) in [6, 6.07) is 16.7. The average Bonchev–Trinajstić information content (AvgIpc) is 2.51. The molecule has 0 fully saturated rings. The number of ether oxygens (including phenoxy) is 1. The predicted molar refractivity (Wildman–Crippen MR) is 86.9 cm³/mol. The lowest BCUT2D eigenvalue weighted by molar-refractivity contribution is 0.0679. The summed E-state index contributed by atoms with van der Waals surface area (Å²) in [6.45, 7) is 4.26. The molecule has 0 spiro atoms. The number of methoxy groups -OCH3 is 1. The quantitative estimate of drug-likeness (QED) is 0.633. The van der Waals surface area contributed by atoms with Crippen LogP contribution in [0.5, 0.6) is 0 Å². The SMILES string of the molecule is COC(c1ccccc1)C(Cc1ccc(C)c(C)c1)NN. The number of rotatable bonds is 6. The topological polar surface area (TPSA) is 47.3 Å². The summed E-state index contributed by atoms with van der Waals surface area (Å²) < 4.78 is 5.67. The van der Waals surface area contributed by atoms with Crippen LogP contribution >= 0.6 is 0 Å². The maximum atomic E-state index is 5.77. The second kappa shape index (κ2) is 7.36. The van der Waals surface area contributed by atoms with Crippen molar-refractivity contribution in [3.05, 3.63) is 70.8 Å². The Kier molecular flexibility index (Phi) is 5.51. The van der Waals surface area contributed by atoms with E-state index in [0.717, 1.165) is 12.0 Å². The Labute approximate surface area is 127 Å². The highest BCUT2D eigenvalue weighted by Gasteiger charge is 2.22. The number of benzene rings is 2. The van der Waals surface area contributed by atoms with Gasteiger partial charge in [0.25, 0.3) is 0 Å². The molecule has 0 aliphatic rings. The Balaban J connectivity index is 2.19. The first-order valence-corrected chi connectivity index (χ1v) is 7.25. The molecule has 0 amide bonds. The number of aryl methyl sites for hydroxylation is 2. The molecule has 0 bridgehead atoms. The van der Waals surface area contributed by atoms with Gasteiger partial charge in [-0.3, -0.25) is 11.3 Å². The average molecular weight is 284 g/mol. The molecule has 112 valence electrons. The molecule has 0 aliphatic carbocycles. The smallest absolute Gasteiger partial charge is 0.0990 e. The Morgan fingerprint density at radius 3 is 2.33 bits per heavy atom. The molecular weight excluding hydrogens is 260 g/mol. The minimum atomic E-state index is -0.0715. The van der Waals surface area contributed by atoms with Crippen molar-refractivity contribution in [1.82, 2.24) is 5.43 Å². The Bertz CT molecular complexity index is 569. The standard InChI is InChI=1S/C18H24N2O/c1-13-9-10-15(11-14(13)2)12-17(20-19)18(21-3)16-7-5-4-6-8-16/h4-11,17-18,20H,12,19H2,1-3H3. The zero-order valence-electron chi connectivity index (χ0n) is 13.0. The van der Waals surface area contributed by atoms with E-state index < -0.39 is 0 Å². The summed E-state index contributed by atoms with van der Waals surface area (Å²) in [5, 5.41) is 0. The van der Waals surface area contributed by atoms with Gasteiger partial charge in [-0.2, -0.15) is 0 Å². The summed E-state index contributed by atoms with van der Waals surface area (Å²) in [7, 11) is 1.72. The van der Waals surface area contributed by atoms with Gasteiger partial charge < -0.3 is 4.74 Å². The first kappa shape index (κ1) is 15.7. The third-order valence-electron chi connectivity index (χ3n) is 3.99. The Morgan fingerprint density at radius 2 is 1.76 bits per heavy atom. The molecule has 2 atom stereocenters. The van der Waals surface area contributed by atoms with E-state index in [-0.39, 0.29) is 12.1 Å². The van der Waals surface area contributed by atoms with Gasteiger partial charge in [0.2, 0.25) is 0 Å². The third kappa shape index (κ3) is 3.91. The molecule has 0 aliphatic heterocycles. The minimum absolute atomic E-state index is 0.0273. The lowest BCUT2D eigenvalue weighted by Crippen LogP contribution is -2.42. The minimum Gasteiger partial charge on any atom is -0.375 e. The molecule has 3 heteroatoms. The predicted octanol–water partition coefficient (Wildman–Crippen LogP) is 3.07. The van der Waals surface area contributed by atoms with Gasteiger partial charge in [-0.05, 0) is 42.5 Å². The van der Waals surface area contributed by atoms with Crippen LogP contribution in [0.15, 0.2) is 48.5 Å². The molecule has 0 radical (unpaired) electrons. The van der Waals surface area contributed by atoms with E-state index in [4.69, 9.17) is 10.6 Å². The fraction of sp³-hybridized carbons (Fsp3) is 0.333. The van der Waals surface area contributed by atoms with Gasteiger partial charge in [-0.1, -0.05) is 48.5 Å². The molecule has 2 unspecified atom stereocenters. The molecule has 3 N–H and O–H groups in total. The van der Waals surface area contributed by atoms with Crippen LogP contribution in [-0.4, -0.2) is 13.2 Å². The summed E-state index contributed by atoms with van der Waals surface area (Å²) in [5.74, 6) is 5.77. The van der Waals surface area contributed by atoms with Crippen molar-refractivity contribution in [2.75, 3.05) is 7.11 Å². The fourth-order valence-corrected chi connectivity index (χ4v) is 2.61. The Hall–Kier alpha value is -1.68. The molecule has 21 heavy (non-hydrogen) atoms. The molecule has 0 aromatic heterocycles. The van der Waals surface area contributed by atoms with Crippen LogP contribution in [0.3, 0.4) is 0 Å². The monoisotopic (exact) mass is 284 g/mol. The van der Waals surface area contributed by atoms with Crippen molar-refractivity contribution >= 4 is 0 Å². The number of hydrazine groups is 1. The first-order valence-electron chi connectivity index (χ1n) is 7.25. The summed E-state index contributed by atoms with van der Waals surface area (Å²) >= 11 is 0.